The number of ether oxygens (including phenoxy) is 1. The van der Waals surface area contributed by atoms with Crippen LogP contribution in [0.25, 0.3) is 0 Å². The summed E-state index contributed by atoms with van der Waals surface area (Å²) in [5, 5.41) is 2.98. The Hall–Kier alpha value is -1.96. The van der Waals surface area contributed by atoms with E-state index in [4.69, 9.17) is 0 Å². The molecule has 0 spiro atoms. The molecule has 3 rings (SSSR count). The second-order valence-corrected chi connectivity index (χ2v) is 7.00. The van der Waals surface area contributed by atoms with Crippen molar-refractivity contribution < 1.29 is 22.7 Å². The van der Waals surface area contributed by atoms with Crippen molar-refractivity contribution in [1.82, 2.24) is 15.1 Å². The van der Waals surface area contributed by atoms with Gasteiger partial charge in [0.25, 0.3) is 0 Å². The van der Waals surface area contributed by atoms with E-state index in [1.165, 1.54) is 35.9 Å². The normalized spacial score (nSPS) is 19.2. The number of benzene rings is 1. The first-order valence-electron chi connectivity index (χ1n) is 8.91. The van der Waals surface area contributed by atoms with Crippen LogP contribution in [-0.4, -0.2) is 54.4 Å². The Morgan fingerprint density at radius 1 is 1.23 bits per heavy atom. The Kier molecular flexibility index (Phi) is 5.60. The molecule has 2 amide bonds. The average molecular weight is 371 g/mol. The quantitative estimate of drug-likeness (QED) is 0.863. The molecule has 1 N–H and O–H groups in total. The summed E-state index contributed by atoms with van der Waals surface area (Å²) in [5.74, 6) is -0.280. The number of nitrogens with one attached hydrogen (secondary N) is 1. The topological polar surface area (TPSA) is 44.8 Å². The third-order valence-electron chi connectivity index (χ3n) is 4.87. The van der Waals surface area contributed by atoms with Crippen molar-refractivity contribution in [2.75, 3.05) is 20.1 Å². The molecule has 26 heavy (non-hydrogen) atoms. The number of alkyl halides is 3. The summed E-state index contributed by atoms with van der Waals surface area (Å²) in [6.07, 6.45) is -0.390. The highest BCUT2D eigenvalue weighted by atomic mass is 19.4. The van der Waals surface area contributed by atoms with Crippen LogP contribution in [0.2, 0.25) is 0 Å². The number of nitrogens with zero attached hydrogens (tertiary/aromatic N) is 2. The van der Waals surface area contributed by atoms with Crippen LogP contribution < -0.4 is 10.1 Å². The number of piperidine rings is 1. The Bertz CT molecular complexity index is 626. The van der Waals surface area contributed by atoms with Gasteiger partial charge in [0, 0.05) is 37.8 Å². The number of amides is 2. The SMILES string of the molecule is CN(Cc1ccccc1OC(F)(F)F)C(=O)NC1CCN(C2CC2)CC1. The van der Waals surface area contributed by atoms with E-state index < -0.39 is 6.36 Å². The van der Waals surface area contributed by atoms with Crippen LogP contribution in [0.1, 0.15) is 31.2 Å². The van der Waals surface area contributed by atoms with E-state index in [2.05, 4.69) is 15.0 Å². The number of carbonyl (C=O) groups excluding carboxylic acids is 1. The Balaban J connectivity index is 1.51. The first kappa shape index (κ1) is 18.8. The predicted octanol–water partition coefficient (Wildman–Crippen LogP) is 3.35. The number of carbonyl (C=O) groups is 1. The number of urea groups is 1. The minimum Gasteiger partial charge on any atom is -0.405 e. The fourth-order valence-electron chi connectivity index (χ4n) is 3.32. The zero-order valence-corrected chi connectivity index (χ0v) is 14.8. The monoisotopic (exact) mass is 371 g/mol. The van der Waals surface area contributed by atoms with E-state index in [9.17, 15) is 18.0 Å². The Labute approximate surface area is 151 Å². The first-order valence-corrected chi connectivity index (χ1v) is 8.91. The van der Waals surface area contributed by atoms with E-state index in [1.54, 1.807) is 13.1 Å². The molecule has 8 heteroatoms. The van der Waals surface area contributed by atoms with E-state index in [1.807, 2.05) is 0 Å². The van der Waals surface area contributed by atoms with Crippen LogP contribution >= 0.6 is 0 Å². The number of hydrogen-bond donors (Lipinski definition) is 1. The van der Waals surface area contributed by atoms with Crippen molar-refractivity contribution in [3.05, 3.63) is 29.8 Å². The minimum absolute atomic E-state index is 0.0407. The lowest BCUT2D eigenvalue weighted by molar-refractivity contribution is -0.275. The third kappa shape index (κ3) is 5.27. The molecule has 2 fully saturated rings. The Morgan fingerprint density at radius 2 is 1.88 bits per heavy atom. The van der Waals surface area contributed by atoms with Crippen molar-refractivity contribution >= 4 is 6.03 Å². The first-order chi connectivity index (χ1) is 12.3. The van der Waals surface area contributed by atoms with E-state index in [-0.39, 0.29) is 24.4 Å². The molecule has 0 unspecified atom stereocenters. The summed E-state index contributed by atoms with van der Waals surface area (Å²) in [6.45, 7) is 2.02. The maximum atomic E-state index is 12.5. The Morgan fingerprint density at radius 3 is 2.50 bits per heavy atom. The van der Waals surface area contributed by atoms with Crippen LogP contribution in [0.5, 0.6) is 5.75 Å². The maximum Gasteiger partial charge on any atom is 0.573 e. The summed E-state index contributed by atoms with van der Waals surface area (Å²) in [4.78, 5) is 16.2. The lowest BCUT2D eigenvalue weighted by atomic mass is 10.1. The molecule has 1 aliphatic heterocycles. The lowest BCUT2D eigenvalue weighted by Gasteiger charge is -2.33. The second kappa shape index (κ2) is 7.73. The highest BCUT2D eigenvalue weighted by molar-refractivity contribution is 5.74. The molecule has 5 nitrogen and oxygen atoms in total. The van der Waals surface area contributed by atoms with Gasteiger partial charge in [0.05, 0.1) is 6.54 Å². The van der Waals surface area contributed by atoms with E-state index in [0.717, 1.165) is 32.0 Å². The summed E-state index contributed by atoms with van der Waals surface area (Å²) >= 11 is 0. The standard InChI is InChI=1S/C18H24F3N3O2/c1-23(12-13-4-2-3-5-16(13)26-18(19,20)21)17(25)22-14-8-10-24(11-9-14)15-6-7-15/h2-5,14-15H,6-12H2,1H3,(H,22,25). The van der Waals surface area contributed by atoms with Gasteiger partial charge in [-0.2, -0.15) is 0 Å². The molecule has 1 aromatic rings. The van der Waals surface area contributed by atoms with Gasteiger partial charge in [0.15, 0.2) is 0 Å². The van der Waals surface area contributed by atoms with Crippen LogP contribution in [0.3, 0.4) is 0 Å². The van der Waals surface area contributed by atoms with Gasteiger partial charge in [0.1, 0.15) is 5.75 Å². The van der Waals surface area contributed by atoms with Crippen LogP contribution in [-0.2, 0) is 6.54 Å². The van der Waals surface area contributed by atoms with Gasteiger partial charge in [-0.25, -0.2) is 4.79 Å². The third-order valence-corrected chi connectivity index (χ3v) is 4.87. The second-order valence-electron chi connectivity index (χ2n) is 7.00. The average Bonchev–Trinajstić information content (AvgIpc) is 3.41. The van der Waals surface area contributed by atoms with E-state index in [0.29, 0.717) is 5.56 Å². The van der Waals surface area contributed by atoms with Crippen LogP contribution in [0.15, 0.2) is 24.3 Å². The zero-order chi connectivity index (χ0) is 18.7. The van der Waals surface area contributed by atoms with Crippen molar-refractivity contribution in [2.24, 2.45) is 0 Å². The molecular formula is C18H24F3N3O2. The maximum absolute atomic E-state index is 12.5. The largest absolute Gasteiger partial charge is 0.573 e. The molecule has 1 saturated carbocycles. The zero-order valence-electron chi connectivity index (χ0n) is 14.8. The van der Waals surface area contributed by atoms with Gasteiger partial charge < -0.3 is 19.9 Å². The van der Waals surface area contributed by atoms with Gasteiger partial charge >= 0.3 is 12.4 Å². The van der Waals surface area contributed by atoms with Crippen molar-refractivity contribution in [1.29, 1.82) is 0 Å². The lowest BCUT2D eigenvalue weighted by Crippen LogP contribution is -2.48. The summed E-state index contributed by atoms with van der Waals surface area (Å²) < 4.78 is 41.5. The molecule has 1 saturated heterocycles. The number of rotatable bonds is 5. The van der Waals surface area contributed by atoms with Crippen LogP contribution in [0, 0.1) is 0 Å². The van der Waals surface area contributed by atoms with Crippen molar-refractivity contribution in [3.63, 3.8) is 0 Å². The summed E-state index contributed by atoms with van der Waals surface area (Å²) in [6, 6.07) is 6.44. The minimum atomic E-state index is -4.76. The fraction of sp³-hybridized carbons (Fsp3) is 0.611. The molecule has 0 atom stereocenters. The van der Waals surface area contributed by atoms with Gasteiger partial charge in [-0.3, -0.25) is 0 Å². The smallest absolute Gasteiger partial charge is 0.405 e. The van der Waals surface area contributed by atoms with Gasteiger partial charge in [-0.1, -0.05) is 18.2 Å². The molecule has 0 aromatic heterocycles. The molecule has 1 aromatic carbocycles. The summed E-state index contributed by atoms with van der Waals surface area (Å²) in [7, 11) is 1.57. The number of para-hydroxylation sites is 1. The molecule has 2 aliphatic rings. The van der Waals surface area contributed by atoms with Gasteiger partial charge in [-0.05, 0) is 31.7 Å². The van der Waals surface area contributed by atoms with Crippen molar-refractivity contribution in [2.45, 2.75) is 50.7 Å². The molecular weight excluding hydrogens is 347 g/mol. The number of halogens is 3. The molecule has 144 valence electrons. The fourth-order valence-corrected chi connectivity index (χ4v) is 3.32. The molecule has 0 radical (unpaired) electrons. The van der Waals surface area contributed by atoms with Gasteiger partial charge in [0.2, 0.25) is 0 Å². The highest BCUT2D eigenvalue weighted by Crippen LogP contribution is 2.29. The summed E-state index contributed by atoms with van der Waals surface area (Å²) in [5.41, 5.74) is 0.311. The molecule has 1 aliphatic carbocycles. The number of likely N-dealkylation sites (tertiary alicyclic amines) is 1. The van der Waals surface area contributed by atoms with E-state index >= 15 is 0 Å². The molecule has 1 heterocycles. The predicted molar refractivity (Wildman–Crippen MR) is 90.7 cm³/mol. The highest BCUT2D eigenvalue weighted by Gasteiger charge is 2.33. The number of hydrogen-bond acceptors (Lipinski definition) is 3. The molecule has 0 bridgehead atoms. The van der Waals surface area contributed by atoms with Crippen molar-refractivity contribution in [3.8, 4) is 5.75 Å². The van der Waals surface area contributed by atoms with Crippen LogP contribution in [0.4, 0.5) is 18.0 Å². The van der Waals surface area contributed by atoms with Gasteiger partial charge in [-0.15, -0.1) is 13.2 Å².